The molecule has 0 N–H and O–H groups in total. The molecule has 0 saturated carbocycles. The third-order valence-corrected chi connectivity index (χ3v) is 5.50. The van der Waals surface area contributed by atoms with E-state index in [-0.39, 0.29) is 5.00 Å². The number of hydrogen-bond donors (Lipinski definition) is 0. The first kappa shape index (κ1) is 12.8. The first-order chi connectivity index (χ1) is 9.11. The molecule has 0 fully saturated rings. The van der Waals surface area contributed by atoms with Crippen LogP contribution >= 0.6 is 46.0 Å². The van der Waals surface area contributed by atoms with Crippen LogP contribution in [0.25, 0.3) is 10.2 Å². The van der Waals surface area contributed by atoms with E-state index in [1.165, 1.54) is 29.3 Å². The van der Waals surface area contributed by atoms with Gasteiger partial charge in [0.25, 0.3) is 0 Å². The molecule has 0 amide bonds. The van der Waals surface area contributed by atoms with Crippen LogP contribution in [0.5, 0.6) is 0 Å². The molecule has 0 atom stereocenters. The number of fused-ring (bicyclic) bond motifs is 1. The number of benzene rings is 1. The SMILES string of the molecule is O=[N+]([O-])c1cnc(Sc2nc3ccc(Cl)cc3s2)s1. The van der Waals surface area contributed by atoms with E-state index in [2.05, 4.69) is 9.97 Å². The molecule has 3 aromatic rings. The van der Waals surface area contributed by atoms with Crippen LogP contribution in [-0.4, -0.2) is 14.9 Å². The minimum absolute atomic E-state index is 0.0339. The Morgan fingerprint density at radius 1 is 1.32 bits per heavy atom. The molecule has 0 aliphatic carbocycles. The molecule has 0 radical (unpaired) electrons. The highest BCUT2D eigenvalue weighted by Crippen LogP contribution is 2.38. The maximum atomic E-state index is 10.6. The summed E-state index contributed by atoms with van der Waals surface area (Å²) in [5.74, 6) is 0. The van der Waals surface area contributed by atoms with Gasteiger partial charge in [0.1, 0.15) is 6.20 Å². The summed E-state index contributed by atoms with van der Waals surface area (Å²) in [5.41, 5.74) is 0.864. The fourth-order valence-electron chi connectivity index (χ4n) is 1.38. The Morgan fingerprint density at radius 3 is 2.89 bits per heavy atom. The van der Waals surface area contributed by atoms with E-state index in [1.54, 1.807) is 6.07 Å². The van der Waals surface area contributed by atoms with Crippen LogP contribution < -0.4 is 0 Å². The third-order valence-electron chi connectivity index (χ3n) is 2.16. The monoisotopic (exact) mass is 329 g/mol. The summed E-state index contributed by atoms with van der Waals surface area (Å²) >= 11 is 9.77. The van der Waals surface area contributed by atoms with Crippen molar-refractivity contribution in [2.75, 3.05) is 0 Å². The van der Waals surface area contributed by atoms with Gasteiger partial charge in [-0.15, -0.1) is 11.3 Å². The summed E-state index contributed by atoms with van der Waals surface area (Å²) in [7, 11) is 0. The van der Waals surface area contributed by atoms with Gasteiger partial charge >= 0.3 is 5.00 Å². The van der Waals surface area contributed by atoms with E-state index in [0.717, 1.165) is 25.9 Å². The van der Waals surface area contributed by atoms with Crippen LogP contribution in [0.1, 0.15) is 0 Å². The van der Waals surface area contributed by atoms with E-state index in [9.17, 15) is 10.1 Å². The Morgan fingerprint density at radius 2 is 2.16 bits per heavy atom. The number of nitrogens with zero attached hydrogens (tertiary/aromatic N) is 3. The second kappa shape index (κ2) is 5.04. The van der Waals surface area contributed by atoms with Gasteiger partial charge in [-0.05, 0) is 41.3 Å². The van der Waals surface area contributed by atoms with Crippen molar-refractivity contribution in [3.63, 3.8) is 0 Å². The van der Waals surface area contributed by atoms with Crippen LogP contribution in [0.3, 0.4) is 0 Å². The smallest absolute Gasteiger partial charge is 0.257 e. The summed E-state index contributed by atoms with van der Waals surface area (Å²) in [6, 6.07) is 5.48. The molecule has 96 valence electrons. The van der Waals surface area contributed by atoms with Gasteiger partial charge in [0, 0.05) is 5.02 Å². The molecule has 9 heteroatoms. The average Bonchev–Trinajstić information content (AvgIpc) is 2.95. The average molecular weight is 330 g/mol. The van der Waals surface area contributed by atoms with Crippen molar-refractivity contribution in [2.45, 2.75) is 8.68 Å². The van der Waals surface area contributed by atoms with Crippen molar-refractivity contribution >= 4 is 61.3 Å². The molecule has 0 bridgehead atoms. The zero-order chi connectivity index (χ0) is 13.4. The van der Waals surface area contributed by atoms with E-state index in [0.29, 0.717) is 9.36 Å². The minimum Gasteiger partial charge on any atom is -0.257 e. The summed E-state index contributed by atoms with van der Waals surface area (Å²) < 4.78 is 2.39. The topological polar surface area (TPSA) is 68.9 Å². The Bertz CT molecular complexity index is 770. The lowest BCUT2D eigenvalue weighted by molar-refractivity contribution is -0.380. The molecule has 1 aromatic carbocycles. The fourth-order valence-corrected chi connectivity index (χ4v) is 4.70. The summed E-state index contributed by atoms with van der Waals surface area (Å²) in [6.07, 6.45) is 1.26. The lowest BCUT2D eigenvalue weighted by Gasteiger charge is -1.87. The molecule has 19 heavy (non-hydrogen) atoms. The van der Waals surface area contributed by atoms with Gasteiger partial charge in [0.15, 0.2) is 8.68 Å². The lowest BCUT2D eigenvalue weighted by atomic mass is 10.3. The number of nitro groups is 1. The molecule has 0 unspecified atom stereocenters. The molecule has 2 aromatic heterocycles. The predicted molar refractivity (Wildman–Crippen MR) is 77.5 cm³/mol. The first-order valence-electron chi connectivity index (χ1n) is 4.96. The second-order valence-corrected chi connectivity index (χ2v) is 7.39. The molecular weight excluding hydrogens is 326 g/mol. The molecule has 3 rings (SSSR count). The number of thiazole rings is 2. The Balaban J connectivity index is 1.89. The summed E-state index contributed by atoms with van der Waals surface area (Å²) in [4.78, 5) is 18.6. The maximum Gasteiger partial charge on any atom is 0.344 e. The fraction of sp³-hybridized carbons (Fsp3) is 0. The molecule has 0 spiro atoms. The normalized spacial score (nSPS) is 11.0. The number of hydrogen-bond acceptors (Lipinski definition) is 7. The van der Waals surface area contributed by atoms with Crippen molar-refractivity contribution in [1.29, 1.82) is 0 Å². The van der Waals surface area contributed by atoms with Crippen LogP contribution in [0, 0.1) is 10.1 Å². The van der Waals surface area contributed by atoms with E-state index in [1.807, 2.05) is 12.1 Å². The highest BCUT2D eigenvalue weighted by molar-refractivity contribution is 8.02. The van der Waals surface area contributed by atoms with E-state index >= 15 is 0 Å². The molecule has 0 aliphatic rings. The zero-order valence-corrected chi connectivity index (χ0v) is 12.3. The first-order valence-corrected chi connectivity index (χ1v) is 7.79. The number of halogens is 1. The van der Waals surface area contributed by atoms with Crippen molar-refractivity contribution in [1.82, 2.24) is 9.97 Å². The van der Waals surface area contributed by atoms with Gasteiger partial charge < -0.3 is 0 Å². The Hall–Kier alpha value is -1.22. The number of rotatable bonds is 3. The zero-order valence-electron chi connectivity index (χ0n) is 9.07. The Kier molecular flexibility index (Phi) is 3.40. The largest absolute Gasteiger partial charge is 0.344 e. The molecule has 0 aliphatic heterocycles. The molecule has 5 nitrogen and oxygen atoms in total. The predicted octanol–water partition coefficient (Wildman–Crippen LogP) is 4.47. The van der Waals surface area contributed by atoms with Gasteiger partial charge in [0.2, 0.25) is 0 Å². The lowest BCUT2D eigenvalue weighted by Crippen LogP contribution is -1.80. The van der Waals surface area contributed by atoms with E-state index < -0.39 is 4.92 Å². The van der Waals surface area contributed by atoms with Crippen molar-refractivity contribution < 1.29 is 4.92 Å². The van der Waals surface area contributed by atoms with Crippen LogP contribution in [0.2, 0.25) is 5.02 Å². The summed E-state index contributed by atoms with van der Waals surface area (Å²) in [5, 5.41) is 11.3. The van der Waals surface area contributed by atoms with Crippen molar-refractivity contribution in [3.05, 3.63) is 39.5 Å². The quantitative estimate of drug-likeness (QED) is 0.524. The Labute approximate surface area is 124 Å². The van der Waals surface area contributed by atoms with Crippen LogP contribution in [-0.2, 0) is 0 Å². The standard InChI is InChI=1S/C10H4ClN3O2S3/c11-5-1-2-6-7(3-5)17-10(13-6)19-9-12-4-8(18-9)14(15)16/h1-4H. The maximum absolute atomic E-state index is 10.6. The molecule has 2 heterocycles. The van der Waals surface area contributed by atoms with Crippen molar-refractivity contribution in [3.8, 4) is 0 Å². The molecule has 0 saturated heterocycles. The second-order valence-electron chi connectivity index (χ2n) is 3.42. The highest BCUT2D eigenvalue weighted by atomic mass is 35.5. The summed E-state index contributed by atoms with van der Waals surface area (Å²) in [6.45, 7) is 0. The third kappa shape index (κ3) is 2.71. The van der Waals surface area contributed by atoms with Gasteiger partial charge in [-0.2, -0.15) is 0 Å². The van der Waals surface area contributed by atoms with Gasteiger partial charge in [-0.1, -0.05) is 11.6 Å². The minimum atomic E-state index is -0.445. The van der Waals surface area contributed by atoms with Gasteiger partial charge in [0.05, 0.1) is 15.1 Å². The van der Waals surface area contributed by atoms with Crippen molar-refractivity contribution in [2.24, 2.45) is 0 Å². The number of aromatic nitrogens is 2. The van der Waals surface area contributed by atoms with Gasteiger partial charge in [-0.3, -0.25) is 10.1 Å². The van der Waals surface area contributed by atoms with Gasteiger partial charge in [-0.25, -0.2) is 9.97 Å². The molecular formula is C10H4ClN3O2S3. The van der Waals surface area contributed by atoms with E-state index in [4.69, 9.17) is 11.6 Å². The van der Waals surface area contributed by atoms with Crippen LogP contribution in [0.4, 0.5) is 5.00 Å². The highest BCUT2D eigenvalue weighted by Gasteiger charge is 2.14. The van der Waals surface area contributed by atoms with Crippen LogP contribution in [0.15, 0.2) is 33.1 Å².